The van der Waals surface area contributed by atoms with Crippen LogP contribution >= 0.6 is 12.2 Å². The first kappa shape index (κ1) is 14.7. The number of Topliss-reactive ketones (excluding diaryl/α,β-unsaturated/α-hetero) is 1. The fourth-order valence-corrected chi connectivity index (χ4v) is 2.08. The number of carbonyl (C=O) groups excluding carboxylic acids is 1. The van der Waals surface area contributed by atoms with Crippen molar-refractivity contribution in [1.82, 2.24) is 10.7 Å². The van der Waals surface area contributed by atoms with E-state index < -0.39 is 0 Å². The van der Waals surface area contributed by atoms with Gasteiger partial charge in [-0.05, 0) is 36.5 Å². The van der Waals surface area contributed by atoms with E-state index >= 15 is 0 Å². The maximum absolute atomic E-state index is 11.9. The van der Waals surface area contributed by atoms with E-state index in [0.29, 0.717) is 10.7 Å². The third-order valence-corrected chi connectivity index (χ3v) is 3.42. The SMILES string of the molecule is [NH3+]NC(=S)NCC(=O)c1ccc(N2CCOCC2)cc1. The molecule has 0 atom stereocenters. The predicted molar refractivity (Wildman–Crippen MR) is 80.4 cm³/mol. The molecule has 108 valence electrons. The Kier molecular flexibility index (Phi) is 5.28. The van der Waals surface area contributed by atoms with Crippen LogP contribution in [0.4, 0.5) is 5.69 Å². The average molecular weight is 295 g/mol. The summed E-state index contributed by atoms with van der Waals surface area (Å²) >= 11 is 4.87. The average Bonchev–Trinajstić information content (AvgIpc) is 2.53. The number of benzene rings is 1. The van der Waals surface area contributed by atoms with E-state index in [1.807, 2.05) is 24.3 Å². The van der Waals surface area contributed by atoms with Gasteiger partial charge >= 0.3 is 0 Å². The number of carbonyl (C=O) groups is 1. The van der Waals surface area contributed by atoms with Gasteiger partial charge in [-0.1, -0.05) is 0 Å². The molecule has 1 aromatic rings. The third-order valence-electron chi connectivity index (χ3n) is 3.14. The van der Waals surface area contributed by atoms with Crippen LogP contribution in [-0.4, -0.2) is 43.7 Å². The van der Waals surface area contributed by atoms with Crippen LogP contribution in [0.15, 0.2) is 24.3 Å². The van der Waals surface area contributed by atoms with E-state index in [4.69, 9.17) is 17.0 Å². The quantitative estimate of drug-likeness (QED) is 0.388. The standard InChI is InChI=1S/C13H18N4O2S/c14-16-13(20)15-9-12(18)10-1-3-11(4-2-10)17-5-7-19-8-6-17/h1-4H,5-9,14H2,(H2,15,16,20)/p+1. The van der Waals surface area contributed by atoms with E-state index in [1.165, 1.54) is 0 Å². The summed E-state index contributed by atoms with van der Waals surface area (Å²) < 4.78 is 5.32. The highest BCUT2D eigenvalue weighted by atomic mass is 32.1. The Labute approximate surface area is 123 Å². The normalized spacial score (nSPS) is 14.8. The summed E-state index contributed by atoms with van der Waals surface area (Å²) in [5, 5.41) is 3.15. The smallest absolute Gasteiger partial charge is 0.213 e. The van der Waals surface area contributed by atoms with Gasteiger partial charge in [-0.3, -0.25) is 10.6 Å². The second-order valence-electron chi connectivity index (χ2n) is 4.43. The Morgan fingerprint density at radius 2 is 1.95 bits per heavy atom. The van der Waals surface area contributed by atoms with E-state index in [2.05, 4.69) is 21.5 Å². The summed E-state index contributed by atoms with van der Waals surface area (Å²) in [5.41, 5.74) is 4.31. The van der Waals surface area contributed by atoms with Gasteiger partial charge in [0.15, 0.2) is 5.78 Å². The lowest BCUT2D eigenvalue weighted by Gasteiger charge is -2.28. The highest BCUT2D eigenvalue weighted by Crippen LogP contribution is 2.16. The molecule has 0 saturated carbocycles. The summed E-state index contributed by atoms with van der Waals surface area (Å²) in [4.78, 5) is 14.2. The number of rotatable bonds is 4. The van der Waals surface area contributed by atoms with E-state index in [1.54, 1.807) is 0 Å². The fraction of sp³-hybridized carbons (Fsp3) is 0.385. The molecular formula is C13H19N4O2S+. The van der Waals surface area contributed by atoms with Crippen LogP contribution in [0.2, 0.25) is 0 Å². The van der Waals surface area contributed by atoms with Gasteiger partial charge in [-0.2, -0.15) is 0 Å². The number of anilines is 1. The van der Waals surface area contributed by atoms with Crippen LogP contribution in [0, 0.1) is 0 Å². The number of nitrogens with zero attached hydrogens (tertiary/aromatic N) is 1. The minimum absolute atomic E-state index is 0.00359. The number of nitrogens with one attached hydrogen (secondary N) is 2. The molecule has 0 radical (unpaired) electrons. The van der Waals surface area contributed by atoms with Gasteiger partial charge < -0.3 is 15.0 Å². The van der Waals surface area contributed by atoms with Gasteiger partial charge in [0.25, 0.3) is 0 Å². The molecule has 1 heterocycles. The molecule has 1 aromatic carbocycles. The summed E-state index contributed by atoms with van der Waals surface area (Å²) in [6, 6.07) is 7.62. The van der Waals surface area contributed by atoms with Crippen LogP contribution in [0.3, 0.4) is 0 Å². The Hall–Kier alpha value is -1.70. The molecule has 1 saturated heterocycles. The predicted octanol–water partition coefficient (Wildman–Crippen LogP) is -0.673. The molecule has 0 unspecified atom stereocenters. The van der Waals surface area contributed by atoms with Crippen molar-refractivity contribution in [2.24, 2.45) is 0 Å². The number of thiocarbonyl (C=S) groups is 1. The summed E-state index contributed by atoms with van der Waals surface area (Å²) in [6.45, 7) is 3.44. The van der Waals surface area contributed by atoms with Crippen molar-refractivity contribution in [3.63, 3.8) is 0 Å². The Balaban J connectivity index is 1.93. The fourth-order valence-electron chi connectivity index (χ4n) is 2.00. The van der Waals surface area contributed by atoms with Crippen molar-refractivity contribution < 1.29 is 15.4 Å². The maximum Gasteiger partial charge on any atom is 0.213 e. The van der Waals surface area contributed by atoms with Crippen molar-refractivity contribution in [3.05, 3.63) is 29.8 Å². The van der Waals surface area contributed by atoms with Crippen LogP contribution in [0.5, 0.6) is 0 Å². The zero-order valence-electron chi connectivity index (χ0n) is 11.2. The number of hydrogen-bond donors (Lipinski definition) is 3. The number of morpholine rings is 1. The van der Waals surface area contributed by atoms with Gasteiger partial charge in [-0.15, -0.1) is 0 Å². The molecule has 5 N–H and O–H groups in total. The lowest BCUT2D eigenvalue weighted by atomic mass is 10.1. The lowest BCUT2D eigenvalue weighted by Crippen LogP contribution is -2.69. The van der Waals surface area contributed by atoms with E-state index in [0.717, 1.165) is 32.0 Å². The molecule has 0 spiro atoms. The van der Waals surface area contributed by atoms with E-state index in [-0.39, 0.29) is 12.3 Å². The molecule has 0 aliphatic carbocycles. The van der Waals surface area contributed by atoms with Crippen LogP contribution in [0.25, 0.3) is 0 Å². The second-order valence-corrected chi connectivity index (χ2v) is 4.84. The molecule has 7 heteroatoms. The molecule has 6 nitrogen and oxygen atoms in total. The minimum Gasteiger partial charge on any atom is -0.378 e. The van der Waals surface area contributed by atoms with Crippen molar-refractivity contribution in [2.45, 2.75) is 0 Å². The Morgan fingerprint density at radius 3 is 2.55 bits per heavy atom. The van der Waals surface area contributed by atoms with Gasteiger partial charge in [0.1, 0.15) is 0 Å². The minimum atomic E-state index is -0.00359. The first-order valence-corrected chi connectivity index (χ1v) is 6.88. The molecule has 0 bridgehead atoms. The monoisotopic (exact) mass is 295 g/mol. The molecule has 1 aliphatic rings. The maximum atomic E-state index is 11.9. The van der Waals surface area contributed by atoms with Gasteiger partial charge in [-0.25, -0.2) is 5.43 Å². The molecule has 0 amide bonds. The van der Waals surface area contributed by atoms with Crippen LogP contribution < -0.4 is 21.5 Å². The largest absolute Gasteiger partial charge is 0.378 e. The lowest BCUT2D eigenvalue weighted by molar-refractivity contribution is -0.419. The van der Waals surface area contributed by atoms with Crippen molar-refractivity contribution in [3.8, 4) is 0 Å². The molecule has 20 heavy (non-hydrogen) atoms. The first-order chi connectivity index (χ1) is 9.70. The first-order valence-electron chi connectivity index (χ1n) is 6.47. The van der Waals surface area contributed by atoms with Gasteiger partial charge in [0, 0.05) is 24.3 Å². The third kappa shape index (κ3) is 3.89. The molecular weight excluding hydrogens is 276 g/mol. The zero-order valence-corrected chi connectivity index (χ0v) is 12.0. The summed E-state index contributed by atoms with van der Waals surface area (Å²) in [6.07, 6.45) is 0. The van der Waals surface area contributed by atoms with E-state index in [9.17, 15) is 4.79 Å². The summed E-state index contributed by atoms with van der Waals surface area (Å²) in [7, 11) is 0. The van der Waals surface area contributed by atoms with Gasteiger partial charge in [0.05, 0.1) is 19.8 Å². The number of hydrogen-bond acceptors (Lipinski definition) is 4. The highest BCUT2D eigenvalue weighted by molar-refractivity contribution is 7.80. The van der Waals surface area contributed by atoms with Crippen LogP contribution in [-0.2, 0) is 4.74 Å². The van der Waals surface area contributed by atoms with Crippen LogP contribution in [0.1, 0.15) is 10.4 Å². The Morgan fingerprint density at radius 1 is 1.30 bits per heavy atom. The molecule has 0 aromatic heterocycles. The van der Waals surface area contributed by atoms with Crippen molar-refractivity contribution in [2.75, 3.05) is 37.7 Å². The van der Waals surface area contributed by atoms with Crippen molar-refractivity contribution >= 4 is 28.8 Å². The highest BCUT2D eigenvalue weighted by Gasteiger charge is 2.12. The molecule has 2 rings (SSSR count). The van der Waals surface area contributed by atoms with Gasteiger partial charge in [0.2, 0.25) is 5.11 Å². The zero-order chi connectivity index (χ0) is 14.4. The van der Waals surface area contributed by atoms with Crippen molar-refractivity contribution in [1.29, 1.82) is 0 Å². The summed E-state index contributed by atoms with van der Waals surface area (Å²) in [5.74, 6) is 3.42. The topological polar surface area (TPSA) is 81.2 Å². The number of ether oxygens (including phenoxy) is 1. The number of ketones is 1. The second kappa shape index (κ2) is 7.18. The number of quaternary nitrogens is 1. The molecule has 1 fully saturated rings. The Bertz CT molecular complexity index is 472. The molecule has 1 aliphatic heterocycles.